The maximum absolute atomic E-state index is 13.3. The number of piperidine rings is 2. The zero-order chi connectivity index (χ0) is 23.3. The van der Waals surface area contributed by atoms with Crippen molar-refractivity contribution in [2.45, 2.75) is 49.1 Å². The van der Waals surface area contributed by atoms with Gasteiger partial charge in [-0.15, -0.1) is 0 Å². The van der Waals surface area contributed by atoms with E-state index in [1.54, 1.807) is 6.20 Å². The van der Waals surface area contributed by atoms with Crippen LogP contribution in [0.2, 0.25) is 0 Å². The Hall–Kier alpha value is -2.08. The molecule has 2 fully saturated rings. The summed E-state index contributed by atoms with van der Waals surface area (Å²) in [5, 5.41) is 2.65. The minimum atomic E-state index is -3.83. The number of hydrogen-bond acceptors (Lipinski definition) is 7. The van der Waals surface area contributed by atoms with Crippen LogP contribution in [0.25, 0.3) is 0 Å². The molecule has 0 atom stereocenters. The molecule has 1 aromatic carbocycles. The van der Waals surface area contributed by atoms with Gasteiger partial charge in [-0.3, -0.25) is 9.69 Å². The molecular weight excluding hydrogens is 467 g/mol. The van der Waals surface area contributed by atoms with Gasteiger partial charge in [-0.25, -0.2) is 22.5 Å². The fourth-order valence-corrected chi connectivity index (χ4v) is 6.03. The van der Waals surface area contributed by atoms with Gasteiger partial charge in [0.2, 0.25) is 15.9 Å². The summed E-state index contributed by atoms with van der Waals surface area (Å²) < 4.78 is 46.1. The lowest BCUT2D eigenvalue weighted by atomic mass is 9.98. The van der Waals surface area contributed by atoms with E-state index >= 15 is 0 Å². The van der Waals surface area contributed by atoms with Gasteiger partial charge in [-0.05, 0) is 43.9 Å². The van der Waals surface area contributed by atoms with Crippen LogP contribution in [0.5, 0.6) is 5.19 Å². The number of amides is 1. The fraction of sp³-hybridized carbons (Fsp3) is 0.545. The van der Waals surface area contributed by atoms with E-state index in [-0.39, 0.29) is 29.9 Å². The molecule has 2 aliphatic rings. The number of carbonyl (C=O) groups is 1. The lowest BCUT2D eigenvalue weighted by Gasteiger charge is -2.41. The number of halogens is 1. The second kappa shape index (κ2) is 10.9. The van der Waals surface area contributed by atoms with Crippen LogP contribution in [-0.2, 0) is 14.8 Å². The number of aromatic nitrogens is 1. The van der Waals surface area contributed by atoms with E-state index in [1.807, 2.05) is 10.3 Å². The molecule has 180 valence electrons. The van der Waals surface area contributed by atoms with Gasteiger partial charge in [0.05, 0.1) is 4.90 Å². The summed E-state index contributed by atoms with van der Waals surface area (Å²) in [6.07, 6.45) is 5.83. The predicted octanol–water partition coefficient (Wildman–Crippen LogP) is 2.49. The van der Waals surface area contributed by atoms with E-state index in [1.165, 1.54) is 29.5 Å². The Morgan fingerprint density at radius 1 is 1.18 bits per heavy atom. The monoisotopic (exact) mass is 496 g/mol. The molecule has 33 heavy (non-hydrogen) atoms. The van der Waals surface area contributed by atoms with Crippen LogP contribution >= 0.6 is 11.3 Å². The highest BCUT2D eigenvalue weighted by Crippen LogP contribution is 2.25. The van der Waals surface area contributed by atoms with Gasteiger partial charge in [0, 0.05) is 56.8 Å². The van der Waals surface area contributed by atoms with Crippen molar-refractivity contribution in [3.05, 3.63) is 41.7 Å². The first-order valence-corrected chi connectivity index (χ1v) is 13.6. The Balaban J connectivity index is 1.16. The first-order chi connectivity index (χ1) is 15.9. The van der Waals surface area contributed by atoms with Crippen molar-refractivity contribution >= 4 is 27.3 Å². The third-order valence-corrected chi connectivity index (χ3v) is 8.34. The highest BCUT2D eigenvalue weighted by Gasteiger charge is 2.30. The minimum Gasteiger partial charge on any atom is -0.467 e. The van der Waals surface area contributed by atoms with Gasteiger partial charge in [-0.2, -0.15) is 0 Å². The Kier molecular flexibility index (Phi) is 7.94. The third kappa shape index (κ3) is 6.50. The summed E-state index contributed by atoms with van der Waals surface area (Å²) >= 11 is 1.52. The maximum Gasteiger partial charge on any atom is 0.273 e. The quantitative estimate of drug-likeness (QED) is 0.604. The lowest BCUT2D eigenvalue weighted by molar-refractivity contribution is -0.132. The van der Waals surface area contributed by atoms with Crippen molar-refractivity contribution in [1.82, 2.24) is 19.5 Å². The molecule has 0 radical (unpaired) electrons. The number of nitrogens with zero attached hydrogens (tertiary/aromatic N) is 3. The Morgan fingerprint density at radius 3 is 2.61 bits per heavy atom. The Bertz CT molecular complexity index is 1020. The van der Waals surface area contributed by atoms with Crippen LogP contribution in [0.4, 0.5) is 4.39 Å². The highest BCUT2D eigenvalue weighted by molar-refractivity contribution is 7.89. The van der Waals surface area contributed by atoms with E-state index in [2.05, 4.69) is 14.6 Å². The molecule has 2 saturated heterocycles. The van der Waals surface area contributed by atoms with Gasteiger partial charge < -0.3 is 9.64 Å². The summed E-state index contributed by atoms with van der Waals surface area (Å²) in [4.78, 5) is 20.9. The van der Waals surface area contributed by atoms with Crippen molar-refractivity contribution in [1.29, 1.82) is 0 Å². The molecule has 0 aliphatic carbocycles. The van der Waals surface area contributed by atoms with Crippen molar-refractivity contribution < 1.29 is 22.3 Å². The topological polar surface area (TPSA) is 91.8 Å². The van der Waals surface area contributed by atoms with E-state index in [0.717, 1.165) is 50.0 Å². The molecule has 1 aromatic heterocycles. The number of nitrogens with one attached hydrogen (secondary N) is 1. The molecule has 1 amide bonds. The molecule has 0 unspecified atom stereocenters. The summed E-state index contributed by atoms with van der Waals surface area (Å²) in [6, 6.07) is 5.27. The van der Waals surface area contributed by atoms with Crippen molar-refractivity contribution in [3.63, 3.8) is 0 Å². The average molecular weight is 497 g/mol. The SMILES string of the molecule is O=C(CCNS(=O)(=O)c1cccc(F)c1)N1CCC(N2CCC(Oc3nccs3)CC2)CC1. The summed E-state index contributed by atoms with van der Waals surface area (Å²) in [5.41, 5.74) is 0. The summed E-state index contributed by atoms with van der Waals surface area (Å²) in [6.45, 7) is 3.31. The van der Waals surface area contributed by atoms with Gasteiger partial charge >= 0.3 is 0 Å². The highest BCUT2D eigenvalue weighted by atomic mass is 32.2. The van der Waals surface area contributed by atoms with Crippen LogP contribution < -0.4 is 9.46 Å². The number of ether oxygens (including phenoxy) is 1. The number of benzene rings is 1. The van der Waals surface area contributed by atoms with Crippen LogP contribution in [-0.4, -0.2) is 74.0 Å². The largest absolute Gasteiger partial charge is 0.467 e. The van der Waals surface area contributed by atoms with Gasteiger partial charge in [0.1, 0.15) is 11.9 Å². The fourth-order valence-electron chi connectivity index (χ4n) is 4.42. The van der Waals surface area contributed by atoms with Gasteiger partial charge in [0.25, 0.3) is 5.19 Å². The number of sulfonamides is 1. The molecule has 2 aromatic rings. The Morgan fingerprint density at radius 2 is 1.94 bits per heavy atom. The van der Waals surface area contributed by atoms with Crippen LogP contribution in [0.3, 0.4) is 0 Å². The van der Waals surface area contributed by atoms with Crippen molar-refractivity contribution in [3.8, 4) is 5.19 Å². The molecular formula is C22H29FN4O4S2. The van der Waals surface area contributed by atoms with Crippen LogP contribution in [0, 0.1) is 5.82 Å². The molecule has 8 nitrogen and oxygen atoms in total. The molecule has 3 heterocycles. The van der Waals surface area contributed by atoms with Gasteiger partial charge in [0.15, 0.2) is 0 Å². The Labute approximate surface area is 197 Å². The molecule has 1 N–H and O–H groups in total. The van der Waals surface area contributed by atoms with Crippen LogP contribution in [0.1, 0.15) is 32.1 Å². The number of thiazole rings is 1. The lowest BCUT2D eigenvalue weighted by Crippen LogP contribution is -2.50. The third-order valence-electron chi connectivity index (χ3n) is 6.22. The van der Waals surface area contributed by atoms with Crippen molar-refractivity contribution in [2.24, 2.45) is 0 Å². The number of carbonyl (C=O) groups excluding carboxylic acids is 1. The second-order valence-electron chi connectivity index (χ2n) is 8.37. The standard InChI is InChI=1S/C22H29FN4O4S2/c23-17-2-1-3-20(16-17)33(29,30)25-9-4-21(28)27-11-5-18(6-12-27)26-13-7-19(8-14-26)31-22-24-10-15-32-22/h1-3,10,15-16,18-19,25H,4-9,11-14H2. The van der Waals surface area contributed by atoms with Crippen molar-refractivity contribution in [2.75, 3.05) is 32.7 Å². The zero-order valence-electron chi connectivity index (χ0n) is 18.4. The van der Waals surface area contributed by atoms with E-state index in [0.29, 0.717) is 19.1 Å². The minimum absolute atomic E-state index is 0.00970. The molecule has 0 spiro atoms. The first-order valence-electron chi connectivity index (χ1n) is 11.2. The van der Waals surface area contributed by atoms with E-state index in [9.17, 15) is 17.6 Å². The molecule has 2 aliphatic heterocycles. The normalized spacial score (nSPS) is 19.0. The van der Waals surface area contributed by atoms with E-state index in [4.69, 9.17) is 4.74 Å². The van der Waals surface area contributed by atoms with Crippen LogP contribution in [0.15, 0.2) is 40.7 Å². The number of rotatable bonds is 8. The molecule has 0 saturated carbocycles. The average Bonchev–Trinajstić information content (AvgIpc) is 3.33. The summed E-state index contributed by atoms with van der Waals surface area (Å²) in [5.74, 6) is -0.681. The maximum atomic E-state index is 13.3. The smallest absolute Gasteiger partial charge is 0.273 e. The molecule has 0 bridgehead atoms. The zero-order valence-corrected chi connectivity index (χ0v) is 20.0. The summed E-state index contributed by atoms with van der Waals surface area (Å²) in [7, 11) is -3.83. The predicted molar refractivity (Wildman–Crippen MR) is 123 cm³/mol. The van der Waals surface area contributed by atoms with E-state index < -0.39 is 15.8 Å². The number of likely N-dealkylation sites (tertiary alicyclic amines) is 2. The molecule has 11 heteroatoms. The second-order valence-corrected chi connectivity index (χ2v) is 11.0. The van der Waals surface area contributed by atoms with Gasteiger partial charge in [-0.1, -0.05) is 17.4 Å². The molecule has 4 rings (SSSR count). The number of hydrogen-bond donors (Lipinski definition) is 1. The first kappa shape index (κ1) is 24.1.